The van der Waals surface area contributed by atoms with Crippen molar-refractivity contribution >= 4 is 11.6 Å². The fourth-order valence-corrected chi connectivity index (χ4v) is 1.54. The van der Waals surface area contributed by atoms with E-state index in [-0.39, 0.29) is 0 Å². The Bertz CT molecular complexity index is 468. The van der Waals surface area contributed by atoms with Gasteiger partial charge in [0.25, 0.3) is 0 Å². The van der Waals surface area contributed by atoms with Gasteiger partial charge in [0.15, 0.2) is 5.82 Å². The van der Waals surface area contributed by atoms with Crippen molar-refractivity contribution in [1.29, 1.82) is 0 Å². The van der Waals surface area contributed by atoms with E-state index in [2.05, 4.69) is 15.3 Å². The minimum atomic E-state index is 0.718. The number of benzene rings is 1. The van der Waals surface area contributed by atoms with Gasteiger partial charge in [0.2, 0.25) is 0 Å². The van der Waals surface area contributed by atoms with Crippen LogP contribution in [0.15, 0.2) is 36.5 Å². The quantitative estimate of drug-likeness (QED) is 0.885. The number of nitrogens with zero attached hydrogens (tertiary/aromatic N) is 2. The lowest BCUT2D eigenvalue weighted by atomic mass is 10.2. The highest BCUT2D eigenvalue weighted by Gasteiger charge is 2.01. The van der Waals surface area contributed by atoms with E-state index in [1.807, 2.05) is 37.4 Å². The van der Waals surface area contributed by atoms with Crippen molar-refractivity contribution in [1.82, 2.24) is 15.3 Å². The number of nitrogens with one attached hydrogen (secondary N) is 1. The maximum atomic E-state index is 5.83. The van der Waals surface area contributed by atoms with Crippen molar-refractivity contribution in [3.05, 3.63) is 47.2 Å². The SMILES string of the molecule is CNCc1ccnc(-c2ccc(Cl)cc2)n1. The first-order chi connectivity index (χ1) is 7.79. The molecule has 16 heavy (non-hydrogen) atoms. The van der Waals surface area contributed by atoms with Crippen LogP contribution in [0.5, 0.6) is 0 Å². The Morgan fingerprint density at radius 1 is 1.19 bits per heavy atom. The molecular formula is C12H12ClN3. The number of halogens is 1. The molecular weight excluding hydrogens is 222 g/mol. The Kier molecular flexibility index (Phi) is 3.49. The van der Waals surface area contributed by atoms with E-state index in [1.54, 1.807) is 6.20 Å². The summed E-state index contributed by atoms with van der Waals surface area (Å²) in [6, 6.07) is 9.41. The second-order valence-electron chi connectivity index (χ2n) is 3.41. The van der Waals surface area contributed by atoms with Crippen LogP contribution >= 0.6 is 11.6 Å². The van der Waals surface area contributed by atoms with Gasteiger partial charge in [-0.1, -0.05) is 11.6 Å². The molecule has 0 spiro atoms. The predicted octanol–water partition coefficient (Wildman–Crippen LogP) is 2.52. The Hall–Kier alpha value is -1.45. The Morgan fingerprint density at radius 2 is 1.94 bits per heavy atom. The van der Waals surface area contributed by atoms with Crippen LogP contribution < -0.4 is 5.32 Å². The van der Waals surface area contributed by atoms with E-state index < -0.39 is 0 Å². The van der Waals surface area contributed by atoms with Gasteiger partial charge in [-0.2, -0.15) is 0 Å². The summed E-state index contributed by atoms with van der Waals surface area (Å²) in [5, 5.41) is 3.78. The van der Waals surface area contributed by atoms with Crippen LogP contribution in [0.25, 0.3) is 11.4 Å². The zero-order valence-corrected chi connectivity index (χ0v) is 9.70. The zero-order chi connectivity index (χ0) is 11.4. The first kappa shape index (κ1) is 11.0. The number of hydrogen-bond acceptors (Lipinski definition) is 3. The summed E-state index contributed by atoms with van der Waals surface area (Å²) in [7, 11) is 1.89. The highest BCUT2D eigenvalue weighted by Crippen LogP contribution is 2.17. The molecule has 0 saturated heterocycles. The first-order valence-corrected chi connectivity index (χ1v) is 5.40. The van der Waals surface area contributed by atoms with Crippen molar-refractivity contribution in [2.75, 3.05) is 7.05 Å². The molecule has 1 aromatic carbocycles. The molecule has 0 saturated carbocycles. The molecule has 1 N–H and O–H groups in total. The first-order valence-electron chi connectivity index (χ1n) is 5.02. The molecule has 0 radical (unpaired) electrons. The summed E-state index contributed by atoms with van der Waals surface area (Å²) in [5.41, 5.74) is 1.95. The highest BCUT2D eigenvalue weighted by molar-refractivity contribution is 6.30. The molecule has 3 nitrogen and oxygen atoms in total. The molecule has 1 aromatic heterocycles. The average Bonchev–Trinajstić information content (AvgIpc) is 2.31. The zero-order valence-electron chi connectivity index (χ0n) is 8.94. The summed E-state index contributed by atoms with van der Waals surface area (Å²) in [5.74, 6) is 0.726. The third-order valence-electron chi connectivity index (χ3n) is 2.17. The molecule has 0 aliphatic rings. The summed E-state index contributed by atoms with van der Waals surface area (Å²) in [4.78, 5) is 8.69. The number of aromatic nitrogens is 2. The van der Waals surface area contributed by atoms with Crippen molar-refractivity contribution in [2.45, 2.75) is 6.54 Å². The van der Waals surface area contributed by atoms with E-state index in [9.17, 15) is 0 Å². The predicted molar refractivity (Wildman–Crippen MR) is 65.2 cm³/mol. The van der Waals surface area contributed by atoms with Crippen LogP contribution in [0.1, 0.15) is 5.69 Å². The summed E-state index contributed by atoms with van der Waals surface area (Å²) in [6.45, 7) is 0.739. The van der Waals surface area contributed by atoms with Crippen LogP contribution in [0, 0.1) is 0 Å². The molecule has 1 heterocycles. The third kappa shape index (κ3) is 2.56. The van der Waals surface area contributed by atoms with Gasteiger partial charge < -0.3 is 5.32 Å². The smallest absolute Gasteiger partial charge is 0.159 e. The molecule has 0 atom stereocenters. The highest BCUT2D eigenvalue weighted by atomic mass is 35.5. The molecule has 2 aromatic rings. The van der Waals surface area contributed by atoms with E-state index in [1.165, 1.54) is 0 Å². The fourth-order valence-electron chi connectivity index (χ4n) is 1.41. The van der Waals surface area contributed by atoms with Gasteiger partial charge in [0.05, 0.1) is 5.69 Å². The van der Waals surface area contributed by atoms with Gasteiger partial charge in [0.1, 0.15) is 0 Å². The normalized spacial score (nSPS) is 10.4. The molecule has 0 fully saturated rings. The summed E-state index contributed by atoms with van der Waals surface area (Å²) >= 11 is 5.83. The summed E-state index contributed by atoms with van der Waals surface area (Å²) in [6.07, 6.45) is 1.77. The maximum Gasteiger partial charge on any atom is 0.159 e. The van der Waals surface area contributed by atoms with Crippen LogP contribution in [0.4, 0.5) is 0 Å². The minimum Gasteiger partial charge on any atom is -0.314 e. The van der Waals surface area contributed by atoms with Crippen LogP contribution in [0.2, 0.25) is 5.02 Å². The van der Waals surface area contributed by atoms with Crippen LogP contribution in [-0.2, 0) is 6.54 Å². The van der Waals surface area contributed by atoms with Crippen molar-refractivity contribution < 1.29 is 0 Å². The van der Waals surface area contributed by atoms with Gasteiger partial charge >= 0.3 is 0 Å². The molecule has 0 aliphatic heterocycles. The molecule has 0 unspecified atom stereocenters. The lowest BCUT2D eigenvalue weighted by Gasteiger charge is -2.03. The van der Waals surface area contributed by atoms with Crippen LogP contribution in [0.3, 0.4) is 0 Å². The number of hydrogen-bond donors (Lipinski definition) is 1. The Labute approximate surface area is 99.5 Å². The van der Waals surface area contributed by atoms with E-state index >= 15 is 0 Å². The van der Waals surface area contributed by atoms with Crippen molar-refractivity contribution in [3.63, 3.8) is 0 Å². The largest absolute Gasteiger partial charge is 0.314 e. The number of rotatable bonds is 3. The molecule has 2 rings (SSSR count). The minimum absolute atomic E-state index is 0.718. The molecule has 0 aliphatic carbocycles. The van der Waals surface area contributed by atoms with Crippen molar-refractivity contribution in [2.24, 2.45) is 0 Å². The molecule has 0 bridgehead atoms. The topological polar surface area (TPSA) is 37.8 Å². The van der Waals surface area contributed by atoms with E-state index in [0.29, 0.717) is 0 Å². The van der Waals surface area contributed by atoms with Gasteiger partial charge in [-0.3, -0.25) is 0 Å². The molecule has 4 heteroatoms. The lowest BCUT2D eigenvalue weighted by Crippen LogP contribution is -2.07. The van der Waals surface area contributed by atoms with Gasteiger partial charge in [-0.25, -0.2) is 9.97 Å². The van der Waals surface area contributed by atoms with Gasteiger partial charge in [0, 0.05) is 23.3 Å². The van der Waals surface area contributed by atoms with Crippen molar-refractivity contribution in [3.8, 4) is 11.4 Å². The lowest BCUT2D eigenvalue weighted by molar-refractivity contribution is 0.788. The maximum absolute atomic E-state index is 5.83. The molecule has 82 valence electrons. The standard InChI is InChI=1S/C12H12ClN3/c1-14-8-11-6-7-15-12(16-11)9-2-4-10(13)5-3-9/h2-7,14H,8H2,1H3. The third-order valence-corrected chi connectivity index (χ3v) is 2.43. The monoisotopic (exact) mass is 233 g/mol. The molecule has 0 amide bonds. The van der Waals surface area contributed by atoms with Gasteiger partial charge in [-0.15, -0.1) is 0 Å². The summed E-state index contributed by atoms with van der Waals surface area (Å²) < 4.78 is 0. The second-order valence-corrected chi connectivity index (χ2v) is 3.85. The Balaban J connectivity index is 2.32. The van der Waals surface area contributed by atoms with E-state index in [0.717, 1.165) is 28.6 Å². The van der Waals surface area contributed by atoms with Crippen LogP contribution in [-0.4, -0.2) is 17.0 Å². The average molecular weight is 234 g/mol. The van der Waals surface area contributed by atoms with Gasteiger partial charge in [-0.05, 0) is 37.4 Å². The fraction of sp³-hybridized carbons (Fsp3) is 0.167. The second kappa shape index (κ2) is 5.05. The van der Waals surface area contributed by atoms with E-state index in [4.69, 9.17) is 11.6 Å². The Morgan fingerprint density at radius 3 is 2.62 bits per heavy atom.